The molecule has 2 aromatic carbocycles. The number of H-pyrrole nitrogens is 1. The number of aromatic nitrogens is 3. The number of hydrogen-bond acceptors (Lipinski definition) is 7. The van der Waals surface area contributed by atoms with Gasteiger partial charge in [-0.15, -0.1) is 0 Å². The Kier molecular flexibility index (Phi) is 8.72. The Morgan fingerprint density at radius 2 is 1.87 bits per heavy atom. The summed E-state index contributed by atoms with van der Waals surface area (Å²) in [6.07, 6.45) is 3.46. The Balaban J connectivity index is 1.29. The summed E-state index contributed by atoms with van der Waals surface area (Å²) in [5, 5.41) is 6.75. The lowest BCUT2D eigenvalue weighted by molar-refractivity contribution is -0.0249. The van der Waals surface area contributed by atoms with Crippen LogP contribution in [0, 0.1) is 38.2 Å². The number of carbonyl (C=O) groups is 1. The molecule has 1 aliphatic carbocycles. The Bertz CT molecular complexity index is 1720. The van der Waals surface area contributed by atoms with Crippen molar-refractivity contribution < 1.29 is 19.0 Å². The summed E-state index contributed by atoms with van der Waals surface area (Å²) >= 11 is 0. The molecular weight excluding hydrogens is 568 g/mol. The van der Waals surface area contributed by atoms with Crippen molar-refractivity contribution in [2.75, 3.05) is 43.3 Å². The van der Waals surface area contributed by atoms with E-state index in [1.54, 1.807) is 10.7 Å². The molecule has 3 heterocycles. The molecule has 2 aliphatic rings. The minimum Gasteiger partial charge on any atom is -0.473 e. The monoisotopic (exact) mass is 610 g/mol. The van der Waals surface area contributed by atoms with Gasteiger partial charge in [0.25, 0.3) is 0 Å². The van der Waals surface area contributed by atoms with Crippen LogP contribution < -0.4 is 15.0 Å². The van der Waals surface area contributed by atoms with Gasteiger partial charge in [0.15, 0.2) is 18.2 Å². The lowest BCUT2D eigenvalue weighted by Crippen LogP contribution is -2.37. The number of fused-ring (bicyclic) bond motifs is 1. The minimum atomic E-state index is -0.492. The molecule has 0 spiro atoms. The standard InChI is InChI=1S/C35H42N6O4/c1-21-7-8-23(3)30(17-21)44-20-37-27-18-26(9-10-29(27)40-11-13-43-14-12-40)33-38-34-31(28(36-6)19-41(34)39-33)35(42)45-32-24(4)15-22(2)16-25(32)5/h7-10,17-19,22,24-25,32,37H,11-16,20H2,1-5H3,(H,38,39). The number of morpholine rings is 1. The Morgan fingerprint density at radius 3 is 2.60 bits per heavy atom. The number of hydrogen-bond donors (Lipinski definition) is 2. The van der Waals surface area contributed by atoms with Crippen LogP contribution in [0.4, 0.5) is 17.1 Å². The molecule has 10 nitrogen and oxygen atoms in total. The molecule has 2 fully saturated rings. The zero-order chi connectivity index (χ0) is 31.7. The van der Waals surface area contributed by atoms with Crippen LogP contribution in [0.1, 0.15) is 55.1 Å². The van der Waals surface area contributed by atoms with Crippen LogP contribution in [0.15, 0.2) is 42.6 Å². The average Bonchev–Trinajstić information content (AvgIpc) is 3.59. The van der Waals surface area contributed by atoms with E-state index in [1.165, 1.54) is 0 Å². The smallest absolute Gasteiger partial charge is 0.331 e. The van der Waals surface area contributed by atoms with Crippen molar-refractivity contribution in [2.45, 2.75) is 53.6 Å². The normalized spacial score (nSPS) is 21.8. The number of rotatable bonds is 8. The lowest BCUT2D eigenvalue weighted by Gasteiger charge is -2.37. The molecule has 4 aromatic rings. The first-order chi connectivity index (χ1) is 21.7. The quantitative estimate of drug-likeness (QED) is 0.126. The molecule has 2 unspecified atom stereocenters. The highest BCUT2D eigenvalue weighted by Gasteiger charge is 2.35. The predicted molar refractivity (Wildman–Crippen MR) is 175 cm³/mol. The molecule has 2 N–H and O–H groups in total. The van der Waals surface area contributed by atoms with Crippen molar-refractivity contribution in [2.24, 2.45) is 17.8 Å². The third-order valence-corrected chi connectivity index (χ3v) is 9.10. The number of ether oxygens (including phenoxy) is 3. The van der Waals surface area contributed by atoms with E-state index in [2.05, 4.69) is 66.1 Å². The summed E-state index contributed by atoms with van der Waals surface area (Å²) in [6.45, 7) is 21.5. The number of carbonyl (C=O) groups excluding carboxylic acids is 1. The molecule has 2 aromatic heterocycles. The number of anilines is 2. The fourth-order valence-electron chi connectivity index (χ4n) is 6.90. The molecule has 0 radical (unpaired) electrons. The van der Waals surface area contributed by atoms with Crippen molar-refractivity contribution in [1.29, 1.82) is 0 Å². The van der Waals surface area contributed by atoms with E-state index in [4.69, 9.17) is 25.8 Å². The molecule has 45 heavy (non-hydrogen) atoms. The second-order valence-corrected chi connectivity index (χ2v) is 12.7. The predicted octanol–water partition coefficient (Wildman–Crippen LogP) is 7.01. The van der Waals surface area contributed by atoms with Gasteiger partial charge in [-0.3, -0.25) is 9.61 Å². The molecule has 1 saturated carbocycles. The van der Waals surface area contributed by atoms with Crippen LogP contribution in [-0.2, 0) is 9.47 Å². The zero-order valence-electron chi connectivity index (χ0n) is 26.7. The van der Waals surface area contributed by atoms with Crippen molar-refractivity contribution in [3.63, 3.8) is 0 Å². The molecule has 6 rings (SSSR count). The summed E-state index contributed by atoms with van der Waals surface area (Å²) < 4.78 is 19.5. The van der Waals surface area contributed by atoms with E-state index in [1.807, 2.05) is 25.1 Å². The van der Waals surface area contributed by atoms with Crippen molar-refractivity contribution in [3.05, 3.63) is 70.7 Å². The summed E-state index contributed by atoms with van der Waals surface area (Å²) in [4.78, 5) is 24.3. The van der Waals surface area contributed by atoms with Gasteiger partial charge in [-0.2, -0.15) is 0 Å². The largest absolute Gasteiger partial charge is 0.473 e. The maximum Gasteiger partial charge on any atom is 0.331 e. The zero-order valence-corrected chi connectivity index (χ0v) is 26.7. The summed E-state index contributed by atoms with van der Waals surface area (Å²) in [5.74, 6) is 2.04. The van der Waals surface area contributed by atoms with Gasteiger partial charge in [-0.1, -0.05) is 32.9 Å². The molecule has 0 amide bonds. The van der Waals surface area contributed by atoms with Crippen LogP contribution in [0.2, 0.25) is 0 Å². The van der Waals surface area contributed by atoms with Gasteiger partial charge < -0.3 is 24.4 Å². The Labute approximate surface area is 264 Å². The molecule has 0 bridgehead atoms. The van der Waals surface area contributed by atoms with Crippen LogP contribution in [0.3, 0.4) is 0 Å². The fourth-order valence-corrected chi connectivity index (χ4v) is 6.90. The highest BCUT2D eigenvalue weighted by molar-refractivity contribution is 6.03. The SMILES string of the molecule is [C-]#[N+]c1cn2[nH]c(-c3ccc(N4CCOCC4)c(NCOc4cc(C)ccc4C)c3)nc2c1C(=O)OC1C(C)CC(C)CC1C. The molecule has 2 atom stereocenters. The topological polar surface area (TPSA) is 97.5 Å². The first-order valence-electron chi connectivity index (χ1n) is 15.8. The lowest BCUT2D eigenvalue weighted by atomic mass is 9.75. The molecule has 1 aliphatic heterocycles. The van der Waals surface area contributed by atoms with Crippen molar-refractivity contribution in [1.82, 2.24) is 14.6 Å². The summed E-state index contributed by atoms with van der Waals surface area (Å²) in [7, 11) is 0. The number of nitrogens with zero attached hydrogens (tertiary/aromatic N) is 4. The number of aromatic amines is 1. The first kappa shape index (κ1) is 30.5. The minimum absolute atomic E-state index is 0.187. The van der Waals surface area contributed by atoms with E-state index in [0.29, 0.717) is 30.6 Å². The highest BCUT2D eigenvalue weighted by atomic mass is 16.5. The van der Waals surface area contributed by atoms with Crippen LogP contribution in [0.25, 0.3) is 21.9 Å². The van der Waals surface area contributed by atoms with Gasteiger partial charge in [0, 0.05) is 24.8 Å². The second kappa shape index (κ2) is 12.9. The van der Waals surface area contributed by atoms with Gasteiger partial charge in [0.1, 0.15) is 17.4 Å². The second-order valence-electron chi connectivity index (χ2n) is 12.7. The molecule has 1 saturated heterocycles. The maximum absolute atomic E-state index is 13.6. The van der Waals surface area contributed by atoms with E-state index >= 15 is 0 Å². The van der Waals surface area contributed by atoms with Gasteiger partial charge in [-0.05, 0) is 79.8 Å². The third-order valence-electron chi connectivity index (χ3n) is 9.10. The summed E-state index contributed by atoms with van der Waals surface area (Å²) in [5.41, 5.74) is 5.81. The van der Waals surface area contributed by atoms with Crippen LogP contribution in [-0.4, -0.2) is 59.7 Å². The van der Waals surface area contributed by atoms with E-state index in [-0.39, 0.29) is 35.9 Å². The van der Waals surface area contributed by atoms with Crippen molar-refractivity contribution in [3.8, 4) is 17.1 Å². The number of benzene rings is 2. The Morgan fingerprint density at radius 1 is 1.11 bits per heavy atom. The van der Waals surface area contributed by atoms with E-state index in [9.17, 15) is 4.79 Å². The van der Waals surface area contributed by atoms with Gasteiger partial charge in [0.05, 0.1) is 31.2 Å². The molecule has 236 valence electrons. The van der Waals surface area contributed by atoms with Gasteiger partial charge in [-0.25, -0.2) is 14.6 Å². The van der Waals surface area contributed by atoms with E-state index < -0.39 is 5.97 Å². The number of nitrogens with one attached hydrogen (secondary N) is 2. The van der Waals surface area contributed by atoms with Gasteiger partial charge in [0.2, 0.25) is 5.69 Å². The van der Waals surface area contributed by atoms with Crippen LogP contribution in [0.5, 0.6) is 5.75 Å². The van der Waals surface area contributed by atoms with Crippen LogP contribution >= 0.6 is 0 Å². The highest BCUT2D eigenvalue weighted by Crippen LogP contribution is 2.37. The summed E-state index contributed by atoms with van der Waals surface area (Å²) in [6, 6.07) is 12.3. The number of esters is 1. The van der Waals surface area contributed by atoms with Crippen molar-refractivity contribution >= 4 is 28.7 Å². The first-order valence-corrected chi connectivity index (χ1v) is 15.8. The molecule has 10 heteroatoms. The number of aryl methyl sites for hydroxylation is 2. The van der Waals surface area contributed by atoms with Gasteiger partial charge >= 0.3 is 5.97 Å². The third kappa shape index (κ3) is 6.36. The maximum atomic E-state index is 13.6. The Hall–Kier alpha value is -4.49. The average molecular weight is 611 g/mol. The van der Waals surface area contributed by atoms with E-state index in [0.717, 1.165) is 59.7 Å². The molecular formula is C35H42N6O4. The fraction of sp³-hybridized carbons (Fsp3) is 0.457.